The lowest BCUT2D eigenvalue weighted by molar-refractivity contribution is -0.163. The Morgan fingerprint density at radius 1 is 1.46 bits per heavy atom. The maximum atomic E-state index is 15.3. The van der Waals surface area contributed by atoms with Crippen LogP contribution in [0.2, 0.25) is 0 Å². The molecule has 1 aromatic heterocycles. The monoisotopic (exact) mass is 497 g/mol. The number of carbonyl (C=O) groups is 2. The number of alkyl carbamates (subject to hydrolysis) is 1. The number of aromatic nitrogens is 2. The Bertz CT molecular complexity index is 1040. The Morgan fingerprint density at radius 3 is 2.66 bits per heavy atom. The maximum Gasteiger partial charge on any atom is 0.408 e. The number of alkyl halides is 1. The molecule has 1 aliphatic heterocycles. The van der Waals surface area contributed by atoms with E-state index in [1.54, 1.807) is 34.6 Å². The summed E-state index contributed by atoms with van der Waals surface area (Å²) in [6, 6.07) is 0.240. The van der Waals surface area contributed by atoms with E-state index < -0.39 is 59.9 Å². The highest BCUT2D eigenvalue weighted by Crippen LogP contribution is 2.43. The van der Waals surface area contributed by atoms with E-state index in [4.69, 9.17) is 25.5 Å². The molecular weight excluding hydrogens is 465 g/mol. The Balaban J connectivity index is 2.25. The summed E-state index contributed by atoms with van der Waals surface area (Å²) in [6.45, 7) is 9.04. The first kappa shape index (κ1) is 27.9. The zero-order chi connectivity index (χ0) is 26.6. The SMILES string of the molecule is CC(C)[C@H](NC(=O)OC(C)(C)C)C(=O)OC[C@@]1(CN=[N+]=[N-])O[C@@H](n2ccc(N)nc2=O)[C@H](F)[C@@H]1C. The number of nitrogens with one attached hydrogen (secondary N) is 1. The summed E-state index contributed by atoms with van der Waals surface area (Å²) < 4.78 is 32.7. The number of nitrogens with two attached hydrogens (primary N) is 1. The van der Waals surface area contributed by atoms with Crippen LogP contribution in [0.25, 0.3) is 10.4 Å². The summed E-state index contributed by atoms with van der Waals surface area (Å²) >= 11 is 0. The van der Waals surface area contributed by atoms with Gasteiger partial charge in [-0.05, 0) is 38.3 Å². The van der Waals surface area contributed by atoms with Crippen LogP contribution in [-0.4, -0.2) is 58.2 Å². The number of halogens is 1. The van der Waals surface area contributed by atoms with Gasteiger partial charge in [-0.15, -0.1) is 0 Å². The van der Waals surface area contributed by atoms with Gasteiger partial charge in [-0.3, -0.25) is 4.57 Å². The fraction of sp³-hybridized carbons (Fsp3) is 0.714. The lowest BCUT2D eigenvalue weighted by Crippen LogP contribution is -2.50. The van der Waals surface area contributed by atoms with Crippen LogP contribution in [0.4, 0.5) is 15.0 Å². The van der Waals surface area contributed by atoms with Crippen molar-refractivity contribution in [3.05, 3.63) is 33.2 Å². The highest BCUT2D eigenvalue weighted by Gasteiger charge is 2.55. The van der Waals surface area contributed by atoms with E-state index in [2.05, 4.69) is 20.3 Å². The van der Waals surface area contributed by atoms with Crippen LogP contribution in [-0.2, 0) is 19.0 Å². The molecule has 2 rings (SSSR count). The molecule has 35 heavy (non-hydrogen) atoms. The number of ether oxygens (including phenoxy) is 3. The van der Waals surface area contributed by atoms with Gasteiger partial charge in [0.1, 0.15) is 29.7 Å². The zero-order valence-corrected chi connectivity index (χ0v) is 20.6. The van der Waals surface area contributed by atoms with Gasteiger partial charge in [0, 0.05) is 17.0 Å². The van der Waals surface area contributed by atoms with Gasteiger partial charge in [0.2, 0.25) is 0 Å². The first-order valence-electron chi connectivity index (χ1n) is 11.0. The molecule has 0 spiro atoms. The zero-order valence-electron chi connectivity index (χ0n) is 20.6. The largest absolute Gasteiger partial charge is 0.461 e. The molecule has 194 valence electrons. The summed E-state index contributed by atoms with van der Waals surface area (Å²) in [7, 11) is 0. The molecule has 1 amide bonds. The molecule has 0 bridgehead atoms. The van der Waals surface area contributed by atoms with Crippen molar-refractivity contribution in [2.45, 2.75) is 71.2 Å². The minimum Gasteiger partial charge on any atom is -0.461 e. The Kier molecular flexibility index (Phi) is 8.69. The average Bonchev–Trinajstić information content (AvgIpc) is 2.98. The molecule has 0 saturated carbocycles. The van der Waals surface area contributed by atoms with E-state index in [0.717, 1.165) is 4.57 Å². The molecule has 5 atom stereocenters. The van der Waals surface area contributed by atoms with Gasteiger partial charge in [0.25, 0.3) is 0 Å². The molecule has 0 aliphatic carbocycles. The van der Waals surface area contributed by atoms with Gasteiger partial charge in [-0.2, -0.15) is 4.98 Å². The molecule has 1 aromatic rings. The normalized spacial score (nSPS) is 25.0. The van der Waals surface area contributed by atoms with Crippen LogP contribution in [0.1, 0.15) is 47.8 Å². The smallest absolute Gasteiger partial charge is 0.408 e. The van der Waals surface area contributed by atoms with Gasteiger partial charge in [0.05, 0.1) is 6.54 Å². The predicted molar refractivity (Wildman–Crippen MR) is 123 cm³/mol. The average molecular weight is 498 g/mol. The molecule has 1 aliphatic rings. The summed E-state index contributed by atoms with van der Waals surface area (Å²) in [4.78, 5) is 43.6. The van der Waals surface area contributed by atoms with E-state index in [0.29, 0.717) is 0 Å². The molecule has 1 saturated heterocycles. The first-order chi connectivity index (χ1) is 16.2. The van der Waals surface area contributed by atoms with Crippen LogP contribution in [0.3, 0.4) is 0 Å². The summed E-state index contributed by atoms with van der Waals surface area (Å²) in [5.74, 6) is -2.18. The van der Waals surface area contributed by atoms with Crippen molar-refractivity contribution in [1.82, 2.24) is 14.9 Å². The van der Waals surface area contributed by atoms with E-state index in [1.165, 1.54) is 19.2 Å². The Morgan fingerprint density at radius 2 is 2.11 bits per heavy atom. The lowest BCUT2D eigenvalue weighted by Gasteiger charge is -2.32. The highest BCUT2D eigenvalue weighted by atomic mass is 19.1. The Hall–Kier alpha value is -3.38. The van der Waals surface area contributed by atoms with Crippen molar-refractivity contribution in [3.8, 4) is 0 Å². The van der Waals surface area contributed by atoms with Crippen molar-refractivity contribution >= 4 is 17.9 Å². The minimum absolute atomic E-state index is 0.0424. The number of azide groups is 1. The quantitative estimate of drug-likeness (QED) is 0.237. The second-order valence-electron chi connectivity index (χ2n) is 9.71. The van der Waals surface area contributed by atoms with Crippen molar-refractivity contribution in [2.75, 3.05) is 18.9 Å². The van der Waals surface area contributed by atoms with Crippen LogP contribution in [0.5, 0.6) is 0 Å². The van der Waals surface area contributed by atoms with Gasteiger partial charge >= 0.3 is 17.8 Å². The molecule has 1 fully saturated rings. The molecule has 14 heteroatoms. The van der Waals surface area contributed by atoms with Crippen LogP contribution in [0, 0.1) is 11.8 Å². The molecule has 0 unspecified atom stereocenters. The highest BCUT2D eigenvalue weighted by molar-refractivity contribution is 5.81. The number of rotatable bonds is 8. The number of nitrogen functional groups attached to an aromatic ring is 1. The van der Waals surface area contributed by atoms with Crippen LogP contribution in [0.15, 0.2) is 22.2 Å². The third-order valence-electron chi connectivity index (χ3n) is 5.51. The van der Waals surface area contributed by atoms with E-state index in [1.807, 2.05) is 0 Å². The number of nitrogens with zero attached hydrogens (tertiary/aromatic N) is 5. The van der Waals surface area contributed by atoms with Crippen molar-refractivity contribution in [3.63, 3.8) is 0 Å². The number of hydrogen-bond acceptors (Lipinski definition) is 9. The fourth-order valence-corrected chi connectivity index (χ4v) is 3.54. The molecule has 13 nitrogen and oxygen atoms in total. The standard InChI is InChI=1S/C21H32FN7O6/c1-11(2)15(27-19(32)35-20(4,5)6)17(30)33-10-21(9-25-28-24)12(3)14(22)16(34-21)29-8-7-13(23)26-18(29)31/h7-8,11-12,14-16H,9-10H2,1-6H3,(H,27,32)(H2,23,26,31)/t12-,14+,15-,16+,21+/m0/s1. The minimum atomic E-state index is -1.73. The van der Waals surface area contributed by atoms with Crippen molar-refractivity contribution in [2.24, 2.45) is 17.0 Å². The van der Waals surface area contributed by atoms with Crippen LogP contribution < -0.4 is 16.7 Å². The number of anilines is 1. The van der Waals surface area contributed by atoms with Crippen LogP contribution >= 0.6 is 0 Å². The molecule has 3 N–H and O–H groups in total. The topological polar surface area (TPSA) is 184 Å². The van der Waals surface area contributed by atoms with Gasteiger partial charge in [-0.25, -0.2) is 18.8 Å². The second-order valence-corrected chi connectivity index (χ2v) is 9.71. The third kappa shape index (κ3) is 6.83. The second kappa shape index (κ2) is 10.9. The maximum absolute atomic E-state index is 15.3. The van der Waals surface area contributed by atoms with Gasteiger partial charge in [-0.1, -0.05) is 25.9 Å². The molecular formula is C21H32FN7O6. The Labute approximate surface area is 201 Å². The number of amides is 1. The van der Waals surface area contributed by atoms with E-state index in [-0.39, 0.29) is 18.3 Å². The van der Waals surface area contributed by atoms with E-state index >= 15 is 4.39 Å². The molecule has 0 aromatic carbocycles. The number of carbonyl (C=O) groups excluding carboxylic acids is 2. The van der Waals surface area contributed by atoms with Gasteiger partial charge < -0.3 is 25.3 Å². The predicted octanol–water partition coefficient (Wildman–Crippen LogP) is 2.47. The fourth-order valence-electron chi connectivity index (χ4n) is 3.54. The summed E-state index contributed by atoms with van der Waals surface area (Å²) in [5.41, 5.74) is 11.2. The number of hydrogen-bond donors (Lipinski definition) is 2. The summed E-state index contributed by atoms with van der Waals surface area (Å²) in [6.07, 6.45) is -2.71. The third-order valence-corrected chi connectivity index (χ3v) is 5.51. The molecule has 2 heterocycles. The van der Waals surface area contributed by atoms with Crippen molar-refractivity contribution in [1.29, 1.82) is 0 Å². The van der Waals surface area contributed by atoms with Crippen molar-refractivity contribution < 1.29 is 28.2 Å². The van der Waals surface area contributed by atoms with Gasteiger partial charge in [0.15, 0.2) is 12.4 Å². The molecule has 0 radical (unpaired) electrons. The summed E-state index contributed by atoms with van der Waals surface area (Å²) in [5, 5.41) is 5.98. The number of esters is 1. The van der Waals surface area contributed by atoms with E-state index in [9.17, 15) is 14.4 Å². The lowest BCUT2D eigenvalue weighted by atomic mass is 9.88. The first-order valence-corrected chi connectivity index (χ1v) is 11.0.